The fraction of sp³-hybridized carbons (Fsp3) is 0.308. The standard InChI is InChI=1S/C13H15N5/c1-8-4-13(12(5-14)10(3)17-8)15-6-11-7-16-18-9(11)2/h4,7H,6H2,1-3H3,(H,15,17)(H,16,18). The average molecular weight is 241 g/mol. The van der Waals surface area contributed by atoms with Gasteiger partial charge in [0, 0.05) is 23.5 Å². The zero-order valence-electron chi connectivity index (χ0n) is 10.7. The second-order valence-corrected chi connectivity index (χ2v) is 4.26. The number of aromatic nitrogens is 3. The quantitative estimate of drug-likeness (QED) is 0.863. The number of hydrogen-bond acceptors (Lipinski definition) is 4. The van der Waals surface area contributed by atoms with E-state index in [1.54, 1.807) is 6.20 Å². The van der Waals surface area contributed by atoms with Crippen molar-refractivity contribution in [3.63, 3.8) is 0 Å². The molecule has 2 N–H and O–H groups in total. The van der Waals surface area contributed by atoms with Gasteiger partial charge < -0.3 is 5.32 Å². The summed E-state index contributed by atoms with van der Waals surface area (Å²) in [4.78, 5) is 4.29. The lowest BCUT2D eigenvalue weighted by Gasteiger charge is -2.10. The first-order valence-corrected chi connectivity index (χ1v) is 5.73. The van der Waals surface area contributed by atoms with Crippen LogP contribution in [-0.2, 0) is 6.54 Å². The topological polar surface area (TPSA) is 77.4 Å². The van der Waals surface area contributed by atoms with Crippen LogP contribution in [0.5, 0.6) is 0 Å². The van der Waals surface area contributed by atoms with Crippen molar-refractivity contribution in [3.05, 3.63) is 40.5 Å². The minimum Gasteiger partial charge on any atom is -0.380 e. The number of hydrogen-bond donors (Lipinski definition) is 2. The van der Waals surface area contributed by atoms with Crippen LogP contribution in [0, 0.1) is 32.1 Å². The number of aryl methyl sites for hydroxylation is 3. The van der Waals surface area contributed by atoms with Crippen molar-refractivity contribution in [3.8, 4) is 6.07 Å². The van der Waals surface area contributed by atoms with E-state index in [1.165, 1.54) is 0 Å². The van der Waals surface area contributed by atoms with Gasteiger partial charge in [-0.1, -0.05) is 0 Å². The number of anilines is 1. The monoisotopic (exact) mass is 241 g/mol. The summed E-state index contributed by atoms with van der Waals surface area (Å²) < 4.78 is 0. The third kappa shape index (κ3) is 2.33. The molecule has 0 radical (unpaired) electrons. The van der Waals surface area contributed by atoms with Crippen LogP contribution in [0.3, 0.4) is 0 Å². The molecule has 0 spiro atoms. The lowest BCUT2D eigenvalue weighted by atomic mass is 10.1. The van der Waals surface area contributed by atoms with Gasteiger partial charge in [0.1, 0.15) is 6.07 Å². The maximum atomic E-state index is 9.15. The molecule has 0 aromatic carbocycles. The van der Waals surface area contributed by atoms with Crippen LogP contribution < -0.4 is 5.32 Å². The summed E-state index contributed by atoms with van der Waals surface area (Å²) in [6, 6.07) is 4.08. The van der Waals surface area contributed by atoms with Crippen molar-refractivity contribution >= 4 is 5.69 Å². The Bertz CT molecular complexity index is 606. The van der Waals surface area contributed by atoms with Gasteiger partial charge >= 0.3 is 0 Å². The fourth-order valence-corrected chi connectivity index (χ4v) is 1.85. The van der Waals surface area contributed by atoms with Crippen LogP contribution in [0.4, 0.5) is 5.69 Å². The molecular formula is C13H15N5. The summed E-state index contributed by atoms with van der Waals surface area (Å²) in [6.45, 7) is 6.38. The molecule has 5 nitrogen and oxygen atoms in total. The van der Waals surface area contributed by atoms with Crippen molar-refractivity contribution < 1.29 is 0 Å². The summed E-state index contributed by atoms with van der Waals surface area (Å²) >= 11 is 0. The largest absolute Gasteiger partial charge is 0.380 e. The first kappa shape index (κ1) is 12.1. The second kappa shape index (κ2) is 4.88. The molecule has 0 aliphatic rings. The van der Waals surface area contributed by atoms with E-state index in [0.717, 1.165) is 28.3 Å². The smallest absolute Gasteiger partial charge is 0.103 e. The Morgan fingerprint density at radius 1 is 1.39 bits per heavy atom. The molecule has 0 atom stereocenters. The van der Waals surface area contributed by atoms with Crippen LogP contribution in [0.25, 0.3) is 0 Å². The molecule has 0 fully saturated rings. The van der Waals surface area contributed by atoms with E-state index in [-0.39, 0.29) is 0 Å². The summed E-state index contributed by atoms with van der Waals surface area (Å²) in [6.07, 6.45) is 1.79. The SMILES string of the molecule is Cc1cc(NCc2cn[nH]c2C)c(C#N)c(C)n1. The minimum atomic E-state index is 0.599. The van der Waals surface area contributed by atoms with E-state index < -0.39 is 0 Å². The Morgan fingerprint density at radius 2 is 2.17 bits per heavy atom. The second-order valence-electron chi connectivity index (χ2n) is 4.26. The number of nitrogens with one attached hydrogen (secondary N) is 2. The van der Waals surface area contributed by atoms with Crippen LogP contribution in [0.2, 0.25) is 0 Å². The molecule has 0 bridgehead atoms. The molecule has 0 saturated heterocycles. The Morgan fingerprint density at radius 3 is 2.78 bits per heavy atom. The number of aromatic amines is 1. The highest BCUT2D eigenvalue weighted by Crippen LogP contribution is 2.19. The molecule has 0 saturated carbocycles. The highest BCUT2D eigenvalue weighted by atomic mass is 15.1. The third-order valence-electron chi connectivity index (χ3n) is 2.84. The highest BCUT2D eigenvalue weighted by Gasteiger charge is 2.08. The summed E-state index contributed by atoms with van der Waals surface area (Å²) in [5, 5.41) is 19.3. The van der Waals surface area contributed by atoms with Gasteiger partial charge in [-0.2, -0.15) is 10.4 Å². The zero-order valence-corrected chi connectivity index (χ0v) is 10.7. The predicted molar refractivity (Wildman–Crippen MR) is 69.1 cm³/mol. The van der Waals surface area contributed by atoms with Gasteiger partial charge in [0.15, 0.2) is 0 Å². The molecule has 0 unspecified atom stereocenters. The van der Waals surface area contributed by atoms with E-state index >= 15 is 0 Å². The van der Waals surface area contributed by atoms with Gasteiger partial charge in [-0.3, -0.25) is 10.1 Å². The molecule has 5 heteroatoms. The molecule has 18 heavy (non-hydrogen) atoms. The van der Waals surface area contributed by atoms with Crippen molar-refractivity contribution in [1.82, 2.24) is 15.2 Å². The summed E-state index contributed by atoms with van der Waals surface area (Å²) in [7, 11) is 0. The third-order valence-corrected chi connectivity index (χ3v) is 2.84. The molecular weight excluding hydrogens is 226 g/mol. The van der Waals surface area contributed by atoms with Gasteiger partial charge in [0.2, 0.25) is 0 Å². The Labute approximate surface area is 106 Å². The number of nitriles is 1. The van der Waals surface area contributed by atoms with Crippen LogP contribution in [0.1, 0.15) is 28.2 Å². The van der Waals surface area contributed by atoms with Gasteiger partial charge in [-0.15, -0.1) is 0 Å². The number of nitrogens with zero attached hydrogens (tertiary/aromatic N) is 3. The first-order valence-electron chi connectivity index (χ1n) is 5.73. The lowest BCUT2D eigenvalue weighted by molar-refractivity contribution is 1.04. The van der Waals surface area contributed by atoms with Gasteiger partial charge in [-0.25, -0.2) is 0 Å². The molecule has 92 valence electrons. The minimum absolute atomic E-state index is 0.599. The van der Waals surface area contributed by atoms with Gasteiger partial charge in [-0.05, 0) is 26.8 Å². The van der Waals surface area contributed by atoms with Crippen molar-refractivity contribution in [1.29, 1.82) is 5.26 Å². The summed E-state index contributed by atoms with van der Waals surface area (Å²) in [5.74, 6) is 0. The van der Waals surface area contributed by atoms with Crippen molar-refractivity contribution in [2.75, 3.05) is 5.32 Å². The predicted octanol–water partition coefficient (Wildman–Crippen LogP) is 2.21. The van der Waals surface area contributed by atoms with E-state index in [9.17, 15) is 0 Å². The van der Waals surface area contributed by atoms with Crippen molar-refractivity contribution in [2.24, 2.45) is 0 Å². The molecule has 0 aliphatic carbocycles. The molecule has 2 aromatic rings. The van der Waals surface area contributed by atoms with Crippen LogP contribution in [0.15, 0.2) is 12.3 Å². The Hall–Kier alpha value is -2.35. The number of pyridine rings is 1. The first-order chi connectivity index (χ1) is 8.61. The molecule has 2 aromatic heterocycles. The van der Waals surface area contributed by atoms with Crippen molar-refractivity contribution in [2.45, 2.75) is 27.3 Å². The van der Waals surface area contributed by atoms with Gasteiger partial charge in [0.25, 0.3) is 0 Å². The van der Waals surface area contributed by atoms with E-state index in [4.69, 9.17) is 5.26 Å². The zero-order chi connectivity index (χ0) is 13.1. The van der Waals surface area contributed by atoms with Crippen LogP contribution >= 0.6 is 0 Å². The Balaban J connectivity index is 2.24. The number of H-pyrrole nitrogens is 1. The molecule has 0 aliphatic heterocycles. The maximum absolute atomic E-state index is 9.15. The van der Waals surface area contributed by atoms with E-state index in [1.807, 2.05) is 26.8 Å². The molecule has 2 heterocycles. The van der Waals surface area contributed by atoms with Gasteiger partial charge in [0.05, 0.1) is 23.1 Å². The Kier molecular flexibility index (Phi) is 3.28. The lowest BCUT2D eigenvalue weighted by Crippen LogP contribution is -2.04. The van der Waals surface area contributed by atoms with E-state index in [2.05, 4.69) is 26.6 Å². The summed E-state index contributed by atoms with van der Waals surface area (Å²) in [5.41, 5.74) is 5.20. The molecule has 0 amide bonds. The number of rotatable bonds is 3. The maximum Gasteiger partial charge on any atom is 0.103 e. The van der Waals surface area contributed by atoms with Crippen LogP contribution in [-0.4, -0.2) is 15.2 Å². The highest BCUT2D eigenvalue weighted by molar-refractivity contribution is 5.60. The molecule has 2 rings (SSSR count). The average Bonchev–Trinajstić information content (AvgIpc) is 2.71. The fourth-order valence-electron chi connectivity index (χ4n) is 1.85. The normalized spacial score (nSPS) is 10.1. The van der Waals surface area contributed by atoms with E-state index in [0.29, 0.717) is 12.1 Å².